The molecule has 0 unspecified atom stereocenters. The minimum atomic E-state index is -0.285. The van der Waals surface area contributed by atoms with Crippen molar-refractivity contribution in [2.24, 2.45) is 11.5 Å². The van der Waals surface area contributed by atoms with Crippen molar-refractivity contribution in [3.8, 4) is 0 Å². The molecule has 4 N–H and O–H groups in total. The average Bonchev–Trinajstić information content (AvgIpc) is 1.25. The number of nitrogens with two attached hydrogens (primary N) is 2. The molecule has 0 aromatic carbocycles. The predicted molar refractivity (Wildman–Crippen MR) is 52.3 cm³/mol. The fourth-order valence-electron chi connectivity index (χ4n) is 0. The third-order valence-corrected chi connectivity index (χ3v) is 1.66. The summed E-state index contributed by atoms with van der Waals surface area (Å²) in [5.41, 5.74) is 10.8. The van der Waals surface area contributed by atoms with Gasteiger partial charge < -0.3 is 11.5 Å². The Balaban J connectivity index is -0.000000245. The van der Waals surface area contributed by atoms with Crippen LogP contribution in [0.2, 0.25) is 0 Å². The van der Waals surface area contributed by atoms with Gasteiger partial charge in [0.15, 0.2) is 0 Å². The van der Waals surface area contributed by atoms with Crippen LogP contribution >= 0.6 is 12.4 Å². The minimum absolute atomic E-state index is 0. The van der Waals surface area contributed by atoms with E-state index >= 15 is 0 Å². The van der Waals surface area contributed by atoms with Crippen molar-refractivity contribution in [3.63, 3.8) is 0 Å². The van der Waals surface area contributed by atoms with Crippen LogP contribution in [0, 0.1) is 0 Å². The Morgan fingerprint density at radius 2 is 0.900 bits per heavy atom. The zero-order chi connectivity index (χ0) is 7.00. The van der Waals surface area contributed by atoms with E-state index in [-0.39, 0.29) is 47.4 Å². The Morgan fingerprint density at radius 1 is 0.800 bits per heavy atom. The second-order valence-electron chi connectivity index (χ2n) is 3.44. The maximum absolute atomic E-state index is 5.69. The molecule has 0 aromatic rings. The van der Waals surface area contributed by atoms with Gasteiger partial charge in [-0.1, -0.05) is 0 Å². The van der Waals surface area contributed by atoms with Gasteiger partial charge in [0.25, 0.3) is 0 Å². The summed E-state index contributed by atoms with van der Waals surface area (Å²) in [6, 6.07) is 0. The first-order valence-corrected chi connectivity index (χ1v) is 2.83. The molecule has 0 rings (SSSR count). The van der Waals surface area contributed by atoms with E-state index in [2.05, 4.69) is 0 Å². The van der Waals surface area contributed by atoms with Crippen LogP contribution in [0.5, 0.6) is 0 Å². The van der Waals surface area contributed by atoms with E-state index in [1.807, 2.05) is 27.7 Å². The van der Waals surface area contributed by atoms with E-state index in [4.69, 9.17) is 11.5 Å². The molecular weight excluding hydrogens is 254 g/mol. The Hall–Kier alpha value is 1.01. The van der Waals surface area contributed by atoms with Crippen molar-refractivity contribution in [2.75, 3.05) is 0 Å². The molecule has 0 amide bonds. The number of halogens is 1. The molecule has 10 heavy (non-hydrogen) atoms. The molecule has 0 aliphatic rings. The van der Waals surface area contributed by atoms with Crippen molar-refractivity contribution in [2.45, 2.75) is 38.8 Å². The SMILES string of the molecule is CC(C)(N)C(C)(C)N.Cl.[SnH2]. The van der Waals surface area contributed by atoms with Crippen LogP contribution in [-0.2, 0) is 0 Å². The van der Waals surface area contributed by atoms with E-state index in [1.54, 1.807) is 0 Å². The van der Waals surface area contributed by atoms with Gasteiger partial charge in [-0.25, -0.2) is 0 Å². The Bertz CT molecular complexity index is 70.7. The van der Waals surface area contributed by atoms with Crippen LogP contribution in [0.15, 0.2) is 0 Å². The van der Waals surface area contributed by atoms with Gasteiger partial charge in [-0.3, -0.25) is 0 Å². The molecular formula is C6H19ClN2Sn. The molecule has 0 bridgehead atoms. The topological polar surface area (TPSA) is 52.0 Å². The third kappa shape index (κ3) is 5.77. The fraction of sp³-hybridized carbons (Fsp3) is 1.00. The summed E-state index contributed by atoms with van der Waals surface area (Å²) < 4.78 is 0. The van der Waals surface area contributed by atoms with Gasteiger partial charge in [-0.05, 0) is 27.7 Å². The van der Waals surface area contributed by atoms with Crippen LogP contribution in [-0.4, -0.2) is 35.0 Å². The van der Waals surface area contributed by atoms with Crippen molar-refractivity contribution < 1.29 is 0 Å². The number of rotatable bonds is 1. The number of hydrogen-bond donors (Lipinski definition) is 2. The molecule has 0 heterocycles. The summed E-state index contributed by atoms with van der Waals surface area (Å²) in [4.78, 5) is 0. The molecule has 64 valence electrons. The summed E-state index contributed by atoms with van der Waals surface area (Å²) in [6.45, 7) is 7.69. The summed E-state index contributed by atoms with van der Waals surface area (Å²) in [5.74, 6) is 0. The molecule has 2 radical (unpaired) electrons. The average molecular weight is 273 g/mol. The molecule has 2 nitrogen and oxygen atoms in total. The second kappa shape index (κ2) is 4.80. The monoisotopic (exact) mass is 274 g/mol. The molecule has 0 aliphatic heterocycles. The van der Waals surface area contributed by atoms with Gasteiger partial charge in [0, 0.05) is 11.1 Å². The fourth-order valence-corrected chi connectivity index (χ4v) is 0. The Kier molecular flexibility index (Phi) is 8.25. The molecule has 4 heteroatoms. The normalized spacial score (nSPS) is 11.4. The van der Waals surface area contributed by atoms with E-state index < -0.39 is 0 Å². The summed E-state index contributed by atoms with van der Waals surface area (Å²) in [6.07, 6.45) is 0. The Morgan fingerprint density at radius 3 is 0.900 bits per heavy atom. The van der Waals surface area contributed by atoms with Crippen LogP contribution in [0.4, 0.5) is 0 Å². The molecule has 0 aliphatic carbocycles. The van der Waals surface area contributed by atoms with Gasteiger partial charge in [0.05, 0.1) is 0 Å². The summed E-state index contributed by atoms with van der Waals surface area (Å²) >= 11 is 0. The third-order valence-electron chi connectivity index (χ3n) is 1.66. The van der Waals surface area contributed by atoms with Crippen LogP contribution < -0.4 is 11.5 Å². The van der Waals surface area contributed by atoms with Gasteiger partial charge in [0.1, 0.15) is 0 Å². The zero-order valence-electron chi connectivity index (χ0n) is 7.27. The summed E-state index contributed by atoms with van der Waals surface area (Å²) in [7, 11) is 0. The van der Waals surface area contributed by atoms with Crippen LogP contribution in [0.1, 0.15) is 27.7 Å². The molecule has 0 atom stereocenters. The quantitative estimate of drug-likeness (QED) is 0.659. The first kappa shape index (κ1) is 17.2. The predicted octanol–water partition coefficient (Wildman–Crippen LogP) is -0.0334. The van der Waals surface area contributed by atoms with E-state index in [1.165, 1.54) is 0 Å². The van der Waals surface area contributed by atoms with Gasteiger partial charge >= 0.3 is 23.9 Å². The molecule has 0 saturated heterocycles. The molecule has 0 spiro atoms. The van der Waals surface area contributed by atoms with E-state index in [0.717, 1.165) is 0 Å². The standard InChI is InChI=1S/C6H16N2.ClH.Sn.2H/c1-5(2,7)6(3,4)8;;;;/h7-8H2,1-4H3;1H;;;. The molecule has 0 aromatic heterocycles. The maximum atomic E-state index is 5.69. The van der Waals surface area contributed by atoms with Gasteiger partial charge in [0.2, 0.25) is 0 Å². The van der Waals surface area contributed by atoms with E-state index in [0.29, 0.717) is 0 Å². The number of hydrogen-bond acceptors (Lipinski definition) is 2. The van der Waals surface area contributed by atoms with Crippen LogP contribution in [0.25, 0.3) is 0 Å². The molecule has 0 saturated carbocycles. The second-order valence-corrected chi connectivity index (χ2v) is 3.44. The van der Waals surface area contributed by atoms with Gasteiger partial charge in [-0.15, -0.1) is 12.4 Å². The van der Waals surface area contributed by atoms with Crippen molar-refractivity contribution >= 4 is 36.3 Å². The van der Waals surface area contributed by atoms with Gasteiger partial charge in [-0.2, -0.15) is 0 Å². The first-order valence-electron chi connectivity index (χ1n) is 2.83. The zero-order valence-corrected chi connectivity index (χ0v) is 12.1. The van der Waals surface area contributed by atoms with Crippen molar-refractivity contribution in [1.82, 2.24) is 0 Å². The Labute approximate surface area is 86.5 Å². The molecule has 0 fully saturated rings. The van der Waals surface area contributed by atoms with Crippen molar-refractivity contribution in [3.05, 3.63) is 0 Å². The van der Waals surface area contributed by atoms with Crippen LogP contribution in [0.3, 0.4) is 0 Å². The van der Waals surface area contributed by atoms with Crippen molar-refractivity contribution in [1.29, 1.82) is 0 Å². The first-order chi connectivity index (χ1) is 3.25. The van der Waals surface area contributed by atoms with E-state index in [9.17, 15) is 0 Å². The summed E-state index contributed by atoms with van der Waals surface area (Å²) in [5, 5.41) is 0.